The largest absolute Gasteiger partial charge is 0.295 e. The van der Waals surface area contributed by atoms with Crippen LogP contribution in [0.2, 0.25) is 39.3 Å². The van der Waals surface area contributed by atoms with Crippen LogP contribution in [0.4, 0.5) is 0 Å². The summed E-state index contributed by atoms with van der Waals surface area (Å²) in [5.41, 5.74) is 0. The monoisotopic (exact) mass is 206 g/mol. The highest BCUT2D eigenvalue weighted by atomic mass is 29.2. The molecule has 0 saturated carbocycles. The Bertz CT molecular complexity index is 100.0. The minimum absolute atomic E-state index is 0.0177. The van der Waals surface area contributed by atoms with Gasteiger partial charge in [0.1, 0.15) is 17.4 Å². The lowest BCUT2D eigenvalue weighted by Gasteiger charge is -2.22. The average Bonchev–Trinajstić information content (AvgIpc) is 1.55. The fourth-order valence-electron chi connectivity index (χ4n) is 0.575. The van der Waals surface area contributed by atoms with E-state index < -0.39 is 15.8 Å². The van der Waals surface area contributed by atoms with Crippen molar-refractivity contribution in [2.75, 3.05) is 0 Å². The van der Waals surface area contributed by atoms with Gasteiger partial charge in [-0.25, -0.2) is 0 Å². The molecule has 0 aliphatic carbocycles. The molecule has 0 saturated heterocycles. The fraction of sp³-hybridized carbons (Fsp3) is 1.00. The average molecular weight is 207 g/mol. The molecular formula is C6H22N2Si3. The van der Waals surface area contributed by atoms with Gasteiger partial charge < -0.3 is 0 Å². The van der Waals surface area contributed by atoms with Crippen LogP contribution < -0.4 is 10.2 Å². The zero-order chi connectivity index (χ0) is 9.12. The van der Waals surface area contributed by atoms with Crippen molar-refractivity contribution >= 4 is 25.0 Å². The molecule has 2 N–H and O–H groups in total. The first-order valence-electron chi connectivity index (χ1n) is 4.21. The molecule has 0 rings (SSSR count). The summed E-state index contributed by atoms with van der Waals surface area (Å²) in [6.07, 6.45) is 0. The summed E-state index contributed by atoms with van der Waals surface area (Å²) in [6.45, 7) is 14.2. The Balaban J connectivity index is 3.44. The molecule has 0 aromatic rings. The number of hydrogen-bond donors (Lipinski definition) is 2. The molecule has 0 aromatic carbocycles. The Hall–Kier alpha value is 0.571. The molecule has 11 heavy (non-hydrogen) atoms. The Kier molecular flexibility index (Phi) is 4.20. The van der Waals surface area contributed by atoms with Crippen molar-refractivity contribution in [2.45, 2.75) is 39.3 Å². The van der Waals surface area contributed by atoms with Crippen molar-refractivity contribution in [1.82, 2.24) is 10.2 Å². The summed E-state index contributed by atoms with van der Waals surface area (Å²) in [6, 6.07) is 0. The van der Waals surface area contributed by atoms with Crippen molar-refractivity contribution < 1.29 is 0 Å². The van der Waals surface area contributed by atoms with Gasteiger partial charge in [-0.15, -0.1) is 0 Å². The molecule has 0 amide bonds. The van der Waals surface area contributed by atoms with Gasteiger partial charge in [-0.2, -0.15) is 0 Å². The molecule has 2 nitrogen and oxygen atoms in total. The summed E-state index contributed by atoms with van der Waals surface area (Å²) in [5, 5.41) is 6.94. The van der Waals surface area contributed by atoms with E-state index >= 15 is 0 Å². The normalized spacial score (nSPS) is 14.7. The second-order valence-corrected chi connectivity index (χ2v) is 23.3. The Morgan fingerprint density at radius 1 is 0.909 bits per heavy atom. The van der Waals surface area contributed by atoms with Gasteiger partial charge in [-0.1, -0.05) is 39.3 Å². The summed E-state index contributed by atoms with van der Waals surface area (Å²) in [5.74, 6) is 0. The van der Waals surface area contributed by atoms with Crippen LogP contribution in [0.5, 0.6) is 0 Å². The third-order valence-corrected chi connectivity index (χ3v) is 7.49. The minimum Gasteiger partial charge on any atom is -0.295 e. The lowest BCUT2D eigenvalue weighted by atomic mass is 11.8. The molecule has 0 heterocycles. The third-order valence-electron chi connectivity index (χ3n) is 1.08. The maximum atomic E-state index is 3.48. The van der Waals surface area contributed by atoms with E-state index in [0.29, 0.717) is 0 Å². The van der Waals surface area contributed by atoms with Crippen molar-refractivity contribution in [1.29, 1.82) is 0 Å². The second-order valence-electron chi connectivity index (χ2n) is 5.29. The van der Waals surface area contributed by atoms with Crippen LogP contribution in [0.1, 0.15) is 0 Å². The van der Waals surface area contributed by atoms with Gasteiger partial charge in [0.05, 0.1) is 7.59 Å². The van der Waals surface area contributed by atoms with Crippen molar-refractivity contribution in [3.63, 3.8) is 0 Å². The third kappa shape index (κ3) is 10.6. The summed E-state index contributed by atoms with van der Waals surface area (Å²) >= 11 is 0. The van der Waals surface area contributed by atoms with E-state index in [1.165, 1.54) is 0 Å². The highest BCUT2D eigenvalue weighted by molar-refractivity contribution is 7.22. The second kappa shape index (κ2) is 3.99. The molecule has 0 bridgehead atoms. The zero-order valence-electron chi connectivity index (χ0n) is 8.71. The maximum absolute atomic E-state index is 3.48. The van der Waals surface area contributed by atoms with E-state index in [1.54, 1.807) is 0 Å². The van der Waals surface area contributed by atoms with E-state index in [4.69, 9.17) is 0 Å². The van der Waals surface area contributed by atoms with Gasteiger partial charge in [-0.3, -0.25) is 10.2 Å². The van der Waals surface area contributed by atoms with Crippen LogP contribution in [-0.2, 0) is 0 Å². The van der Waals surface area contributed by atoms with Gasteiger partial charge in [-0.05, 0) is 0 Å². The molecule has 0 radical (unpaired) electrons. The van der Waals surface area contributed by atoms with Crippen molar-refractivity contribution in [2.24, 2.45) is 0 Å². The molecule has 68 valence electrons. The van der Waals surface area contributed by atoms with Crippen molar-refractivity contribution in [3.05, 3.63) is 0 Å². The van der Waals surface area contributed by atoms with E-state index in [1.807, 2.05) is 0 Å². The van der Waals surface area contributed by atoms with E-state index in [9.17, 15) is 0 Å². The van der Waals surface area contributed by atoms with E-state index in [-0.39, 0.29) is 9.20 Å². The van der Waals surface area contributed by atoms with Crippen molar-refractivity contribution in [3.8, 4) is 0 Å². The molecule has 5 heteroatoms. The van der Waals surface area contributed by atoms with Crippen LogP contribution in [0.25, 0.3) is 0 Å². The molecule has 0 aromatic heterocycles. The number of hydrazine groups is 1. The summed E-state index contributed by atoms with van der Waals surface area (Å²) < 4.78 is 0. The maximum Gasteiger partial charge on any atom is 0.131 e. The highest BCUT2D eigenvalue weighted by Gasteiger charge is 2.16. The molecular weight excluding hydrogens is 184 g/mol. The zero-order valence-corrected chi connectivity index (χ0v) is 12.1. The molecule has 0 aliphatic heterocycles. The van der Waals surface area contributed by atoms with Crippen LogP contribution in [0, 0.1) is 0 Å². The lowest BCUT2D eigenvalue weighted by molar-refractivity contribution is 0.905. The summed E-state index contributed by atoms with van der Waals surface area (Å²) in [7, 11) is -1.85. The Morgan fingerprint density at radius 3 is 1.64 bits per heavy atom. The molecule has 0 unspecified atom stereocenters. The topological polar surface area (TPSA) is 24.1 Å². The smallest absolute Gasteiger partial charge is 0.131 e. The Morgan fingerprint density at radius 2 is 1.36 bits per heavy atom. The van der Waals surface area contributed by atoms with E-state index in [0.717, 1.165) is 0 Å². The molecule has 0 fully saturated rings. The van der Waals surface area contributed by atoms with E-state index in [2.05, 4.69) is 49.5 Å². The van der Waals surface area contributed by atoms with Gasteiger partial charge in [0.15, 0.2) is 0 Å². The summed E-state index contributed by atoms with van der Waals surface area (Å²) in [4.78, 5) is 0. The van der Waals surface area contributed by atoms with Crippen LogP contribution in [-0.4, -0.2) is 25.0 Å². The fourth-order valence-corrected chi connectivity index (χ4v) is 5.97. The standard InChI is InChI=1S/C6H22N2Si3/c1-10(2,3)8-7-9-11(4,5)6/h7-8H,9H2,1-6H3. The van der Waals surface area contributed by atoms with Gasteiger partial charge >= 0.3 is 0 Å². The van der Waals surface area contributed by atoms with Crippen LogP contribution in [0.3, 0.4) is 0 Å². The first-order valence-corrected chi connectivity index (χ1v) is 14.2. The number of rotatable bonds is 4. The lowest BCUT2D eigenvalue weighted by Crippen LogP contribution is -2.56. The minimum atomic E-state index is -1.06. The number of hydrogen-bond acceptors (Lipinski definition) is 2. The van der Waals surface area contributed by atoms with Gasteiger partial charge in [0, 0.05) is 0 Å². The van der Waals surface area contributed by atoms with Crippen LogP contribution >= 0.6 is 0 Å². The number of nitrogens with one attached hydrogen (secondary N) is 2. The van der Waals surface area contributed by atoms with Crippen LogP contribution in [0.15, 0.2) is 0 Å². The highest BCUT2D eigenvalue weighted by Crippen LogP contribution is 1.95. The van der Waals surface area contributed by atoms with Gasteiger partial charge in [0.25, 0.3) is 0 Å². The predicted octanol–water partition coefficient (Wildman–Crippen LogP) is 0.834. The molecule has 0 atom stereocenters. The Labute approximate surface area is 74.9 Å². The molecule has 0 spiro atoms. The SMILES string of the molecule is C[Si](C)(C)NN[SiH2][Si](C)(C)C. The molecule has 0 aliphatic rings. The van der Waals surface area contributed by atoms with Gasteiger partial charge in [0.2, 0.25) is 0 Å². The quantitative estimate of drug-likeness (QED) is 0.526. The first-order chi connectivity index (χ1) is 4.71. The first kappa shape index (κ1) is 11.6. The predicted molar refractivity (Wildman–Crippen MR) is 61.5 cm³/mol.